The molecular formula is C14H18N2O2. The molecular weight excluding hydrogens is 228 g/mol. The minimum Gasteiger partial charge on any atom is -0.366 e. The number of carbonyl (C=O) groups excluding carboxylic acids is 2. The molecule has 2 unspecified atom stereocenters. The van der Waals surface area contributed by atoms with Gasteiger partial charge in [-0.15, -0.1) is 0 Å². The molecule has 2 amide bonds. The first-order valence-electron chi connectivity index (χ1n) is 6.28. The molecule has 0 saturated heterocycles. The fourth-order valence-corrected chi connectivity index (χ4v) is 2.40. The third kappa shape index (κ3) is 2.70. The van der Waals surface area contributed by atoms with Crippen LogP contribution in [-0.4, -0.2) is 17.9 Å². The maximum absolute atomic E-state index is 12.0. The van der Waals surface area contributed by atoms with Gasteiger partial charge in [0.15, 0.2) is 0 Å². The molecule has 18 heavy (non-hydrogen) atoms. The smallest absolute Gasteiger partial charge is 0.251 e. The van der Waals surface area contributed by atoms with E-state index in [1.54, 1.807) is 24.3 Å². The van der Waals surface area contributed by atoms with Crippen LogP contribution >= 0.6 is 0 Å². The maximum atomic E-state index is 12.0. The van der Waals surface area contributed by atoms with Gasteiger partial charge in [-0.05, 0) is 43.0 Å². The lowest BCUT2D eigenvalue weighted by atomic mass is 10.1. The van der Waals surface area contributed by atoms with Gasteiger partial charge in [0.2, 0.25) is 5.91 Å². The second-order valence-electron chi connectivity index (χ2n) is 4.93. The van der Waals surface area contributed by atoms with Crippen LogP contribution in [-0.2, 0) is 0 Å². The topological polar surface area (TPSA) is 72.2 Å². The molecule has 2 atom stereocenters. The number of nitrogens with two attached hydrogens (primary N) is 1. The number of hydrogen-bond donors (Lipinski definition) is 2. The van der Waals surface area contributed by atoms with Gasteiger partial charge in [0.25, 0.3) is 5.91 Å². The molecule has 0 aliphatic heterocycles. The van der Waals surface area contributed by atoms with Crippen molar-refractivity contribution in [2.45, 2.75) is 32.2 Å². The molecule has 1 fully saturated rings. The van der Waals surface area contributed by atoms with Gasteiger partial charge in [0.05, 0.1) is 0 Å². The highest BCUT2D eigenvalue weighted by molar-refractivity contribution is 5.97. The first kappa shape index (κ1) is 12.6. The van der Waals surface area contributed by atoms with Crippen molar-refractivity contribution in [3.63, 3.8) is 0 Å². The molecule has 4 heteroatoms. The molecule has 1 aromatic rings. The van der Waals surface area contributed by atoms with E-state index in [2.05, 4.69) is 12.2 Å². The lowest BCUT2D eigenvalue weighted by Crippen LogP contribution is -2.36. The van der Waals surface area contributed by atoms with Crippen molar-refractivity contribution in [1.82, 2.24) is 5.32 Å². The Morgan fingerprint density at radius 3 is 2.28 bits per heavy atom. The van der Waals surface area contributed by atoms with Crippen molar-refractivity contribution in [1.29, 1.82) is 0 Å². The van der Waals surface area contributed by atoms with Gasteiger partial charge < -0.3 is 11.1 Å². The predicted molar refractivity (Wildman–Crippen MR) is 69.2 cm³/mol. The fraction of sp³-hybridized carbons (Fsp3) is 0.429. The number of carbonyl (C=O) groups is 2. The highest BCUT2D eigenvalue weighted by Gasteiger charge is 2.24. The van der Waals surface area contributed by atoms with Crippen LogP contribution < -0.4 is 11.1 Å². The van der Waals surface area contributed by atoms with E-state index in [4.69, 9.17) is 5.73 Å². The summed E-state index contributed by atoms with van der Waals surface area (Å²) in [5, 5.41) is 3.04. The maximum Gasteiger partial charge on any atom is 0.251 e. The summed E-state index contributed by atoms with van der Waals surface area (Å²) in [6.45, 7) is 2.16. The van der Waals surface area contributed by atoms with Crippen molar-refractivity contribution in [2.75, 3.05) is 0 Å². The normalized spacial score (nSPS) is 22.7. The summed E-state index contributed by atoms with van der Waals surface area (Å²) in [5.74, 6) is -0.0185. The molecule has 3 N–H and O–H groups in total. The molecule has 0 radical (unpaired) electrons. The molecule has 0 heterocycles. The van der Waals surface area contributed by atoms with Crippen LogP contribution in [0.3, 0.4) is 0 Å². The summed E-state index contributed by atoms with van der Waals surface area (Å²) >= 11 is 0. The molecule has 96 valence electrons. The zero-order valence-electron chi connectivity index (χ0n) is 10.5. The quantitative estimate of drug-likeness (QED) is 0.852. The van der Waals surface area contributed by atoms with E-state index in [1.807, 2.05) is 0 Å². The summed E-state index contributed by atoms with van der Waals surface area (Å²) in [6.07, 6.45) is 3.39. The van der Waals surface area contributed by atoms with Crippen LogP contribution in [0.1, 0.15) is 46.9 Å². The summed E-state index contributed by atoms with van der Waals surface area (Å²) in [4.78, 5) is 22.9. The van der Waals surface area contributed by atoms with Crippen LogP contribution in [0.15, 0.2) is 24.3 Å². The standard InChI is InChI=1S/C14H18N2O2/c1-9-3-2-4-12(9)16-14(18)11-7-5-10(6-8-11)13(15)17/h5-9,12H,2-4H2,1H3,(H2,15,17)(H,16,18). The second-order valence-corrected chi connectivity index (χ2v) is 4.93. The Morgan fingerprint density at radius 2 is 1.78 bits per heavy atom. The van der Waals surface area contributed by atoms with E-state index in [1.165, 1.54) is 12.8 Å². The third-order valence-corrected chi connectivity index (χ3v) is 3.61. The van der Waals surface area contributed by atoms with Crippen LogP contribution in [0.4, 0.5) is 0 Å². The SMILES string of the molecule is CC1CCCC1NC(=O)c1ccc(C(N)=O)cc1. The van der Waals surface area contributed by atoms with Crippen molar-refractivity contribution >= 4 is 11.8 Å². The van der Waals surface area contributed by atoms with Crippen molar-refractivity contribution in [3.05, 3.63) is 35.4 Å². The number of hydrogen-bond acceptors (Lipinski definition) is 2. The average Bonchev–Trinajstić information content (AvgIpc) is 2.75. The molecule has 0 bridgehead atoms. The van der Waals surface area contributed by atoms with Gasteiger partial charge in [-0.3, -0.25) is 9.59 Å². The molecule has 0 spiro atoms. The van der Waals surface area contributed by atoms with E-state index in [0.717, 1.165) is 6.42 Å². The molecule has 2 rings (SSSR count). The van der Waals surface area contributed by atoms with Crippen LogP contribution in [0, 0.1) is 5.92 Å². The van der Waals surface area contributed by atoms with E-state index in [-0.39, 0.29) is 11.9 Å². The summed E-state index contributed by atoms with van der Waals surface area (Å²) in [6, 6.07) is 6.70. The number of amides is 2. The van der Waals surface area contributed by atoms with Gasteiger partial charge in [-0.2, -0.15) is 0 Å². The van der Waals surface area contributed by atoms with Crippen molar-refractivity contribution < 1.29 is 9.59 Å². The largest absolute Gasteiger partial charge is 0.366 e. The monoisotopic (exact) mass is 246 g/mol. The third-order valence-electron chi connectivity index (χ3n) is 3.61. The van der Waals surface area contributed by atoms with Crippen LogP contribution in [0.25, 0.3) is 0 Å². The minimum absolute atomic E-state index is 0.0789. The van der Waals surface area contributed by atoms with Gasteiger partial charge >= 0.3 is 0 Å². The molecule has 1 aromatic carbocycles. The summed E-state index contributed by atoms with van der Waals surface area (Å²) in [7, 11) is 0. The average molecular weight is 246 g/mol. The Kier molecular flexibility index (Phi) is 3.65. The van der Waals surface area contributed by atoms with Crippen molar-refractivity contribution in [3.8, 4) is 0 Å². The van der Waals surface area contributed by atoms with E-state index >= 15 is 0 Å². The van der Waals surface area contributed by atoms with E-state index in [9.17, 15) is 9.59 Å². The van der Waals surface area contributed by atoms with E-state index in [0.29, 0.717) is 17.0 Å². The second kappa shape index (κ2) is 5.21. The van der Waals surface area contributed by atoms with Crippen molar-refractivity contribution in [2.24, 2.45) is 11.7 Å². The fourth-order valence-electron chi connectivity index (χ4n) is 2.40. The molecule has 4 nitrogen and oxygen atoms in total. The number of rotatable bonds is 3. The first-order valence-corrected chi connectivity index (χ1v) is 6.28. The Hall–Kier alpha value is -1.84. The Morgan fingerprint density at radius 1 is 1.17 bits per heavy atom. The highest BCUT2D eigenvalue weighted by Crippen LogP contribution is 2.25. The lowest BCUT2D eigenvalue weighted by Gasteiger charge is -2.17. The summed E-state index contributed by atoms with van der Waals surface area (Å²) in [5.41, 5.74) is 6.14. The Labute approximate surface area is 107 Å². The first-order chi connectivity index (χ1) is 8.58. The number of benzene rings is 1. The molecule has 1 aliphatic carbocycles. The zero-order valence-corrected chi connectivity index (χ0v) is 10.5. The van der Waals surface area contributed by atoms with Gasteiger partial charge in [-0.1, -0.05) is 13.3 Å². The Bertz CT molecular complexity index is 453. The van der Waals surface area contributed by atoms with Crippen LogP contribution in [0.2, 0.25) is 0 Å². The van der Waals surface area contributed by atoms with E-state index < -0.39 is 5.91 Å². The molecule has 1 aliphatic rings. The Balaban J connectivity index is 2.02. The lowest BCUT2D eigenvalue weighted by molar-refractivity contribution is 0.0927. The molecule has 1 saturated carbocycles. The van der Waals surface area contributed by atoms with Crippen LogP contribution in [0.5, 0.6) is 0 Å². The number of primary amides is 1. The number of nitrogens with one attached hydrogen (secondary N) is 1. The summed E-state index contributed by atoms with van der Waals surface area (Å²) < 4.78 is 0. The van der Waals surface area contributed by atoms with Gasteiger partial charge in [0.1, 0.15) is 0 Å². The zero-order chi connectivity index (χ0) is 13.1. The predicted octanol–water partition coefficient (Wildman–Crippen LogP) is 1.70. The van der Waals surface area contributed by atoms with Gasteiger partial charge in [-0.25, -0.2) is 0 Å². The minimum atomic E-state index is -0.480. The van der Waals surface area contributed by atoms with Gasteiger partial charge in [0, 0.05) is 17.2 Å². The molecule has 0 aromatic heterocycles. The highest BCUT2D eigenvalue weighted by atomic mass is 16.2.